The third-order valence-corrected chi connectivity index (χ3v) is 5.94. The lowest BCUT2D eigenvalue weighted by Gasteiger charge is -2.26. The molecule has 0 aliphatic carbocycles. The van der Waals surface area contributed by atoms with Gasteiger partial charge in [0.1, 0.15) is 5.76 Å². The van der Waals surface area contributed by atoms with Crippen molar-refractivity contribution >= 4 is 16.7 Å². The summed E-state index contributed by atoms with van der Waals surface area (Å²) < 4.78 is 11.0. The highest BCUT2D eigenvalue weighted by Gasteiger charge is 2.28. The summed E-state index contributed by atoms with van der Waals surface area (Å²) >= 11 is 0. The number of benzene rings is 2. The first-order valence-electron chi connectivity index (χ1n) is 10.7. The number of carbonyl (C=O) groups excluding carboxylic acids is 1. The highest BCUT2D eigenvalue weighted by atomic mass is 16.5. The molecule has 1 aliphatic rings. The summed E-state index contributed by atoms with van der Waals surface area (Å²) in [5.41, 5.74) is 0.306. The van der Waals surface area contributed by atoms with Crippen LogP contribution in [0.5, 0.6) is 5.75 Å². The van der Waals surface area contributed by atoms with E-state index in [9.17, 15) is 14.7 Å². The van der Waals surface area contributed by atoms with Crippen molar-refractivity contribution in [1.82, 2.24) is 4.90 Å². The van der Waals surface area contributed by atoms with Gasteiger partial charge in [0.25, 0.3) is 0 Å². The highest BCUT2D eigenvalue weighted by Crippen LogP contribution is 2.37. The van der Waals surface area contributed by atoms with E-state index < -0.39 is 23.1 Å². The van der Waals surface area contributed by atoms with Gasteiger partial charge in [-0.1, -0.05) is 48.9 Å². The fourth-order valence-electron chi connectivity index (χ4n) is 4.36. The zero-order chi connectivity index (χ0) is 21.8. The molecule has 3 aromatic rings. The van der Waals surface area contributed by atoms with E-state index in [4.69, 9.17) is 9.15 Å². The van der Waals surface area contributed by atoms with E-state index in [0.717, 1.165) is 42.3 Å². The Morgan fingerprint density at radius 1 is 1.13 bits per heavy atom. The maximum Gasteiger partial charge on any atom is 0.306 e. The number of methoxy groups -OCH3 is 1. The Morgan fingerprint density at radius 3 is 2.65 bits per heavy atom. The van der Waals surface area contributed by atoms with Crippen molar-refractivity contribution < 1.29 is 19.1 Å². The van der Waals surface area contributed by atoms with Crippen molar-refractivity contribution in [2.45, 2.75) is 38.1 Å². The summed E-state index contributed by atoms with van der Waals surface area (Å²) in [4.78, 5) is 27.1. The molecule has 1 fully saturated rings. The fourth-order valence-corrected chi connectivity index (χ4v) is 4.36. The van der Waals surface area contributed by atoms with Gasteiger partial charge in [-0.3, -0.25) is 14.5 Å². The van der Waals surface area contributed by atoms with E-state index in [1.165, 1.54) is 19.6 Å². The zero-order valence-electron chi connectivity index (χ0n) is 17.7. The number of rotatable bonds is 6. The predicted molar refractivity (Wildman–Crippen MR) is 118 cm³/mol. The smallest absolute Gasteiger partial charge is 0.306 e. The predicted octanol–water partition coefficient (Wildman–Crippen LogP) is 4.18. The van der Waals surface area contributed by atoms with Crippen molar-refractivity contribution in [3.63, 3.8) is 0 Å². The summed E-state index contributed by atoms with van der Waals surface area (Å²) in [6, 6.07) is 14.9. The van der Waals surface area contributed by atoms with Gasteiger partial charge in [-0.2, -0.15) is 0 Å². The lowest BCUT2D eigenvalue weighted by atomic mass is 9.88. The first-order chi connectivity index (χ1) is 15.1. The molecular weight excluding hydrogens is 394 g/mol. The second-order valence-corrected chi connectivity index (χ2v) is 8.03. The number of esters is 1. The largest absolute Gasteiger partial charge is 0.502 e. The molecular formula is C25H27NO5. The van der Waals surface area contributed by atoms with Crippen LogP contribution in [0.4, 0.5) is 0 Å². The van der Waals surface area contributed by atoms with Gasteiger partial charge < -0.3 is 14.3 Å². The lowest BCUT2D eigenvalue weighted by molar-refractivity contribution is -0.140. The summed E-state index contributed by atoms with van der Waals surface area (Å²) in [6.07, 6.45) is 3.41. The number of aromatic hydroxyl groups is 1. The van der Waals surface area contributed by atoms with Crippen LogP contribution in [0.1, 0.15) is 48.7 Å². The van der Waals surface area contributed by atoms with Gasteiger partial charge in [-0.15, -0.1) is 0 Å². The average Bonchev–Trinajstić information content (AvgIpc) is 2.80. The van der Waals surface area contributed by atoms with Crippen LogP contribution < -0.4 is 5.43 Å². The molecule has 0 radical (unpaired) electrons. The van der Waals surface area contributed by atoms with Crippen molar-refractivity contribution in [3.8, 4) is 5.75 Å². The molecule has 0 spiro atoms. The van der Waals surface area contributed by atoms with E-state index >= 15 is 0 Å². The van der Waals surface area contributed by atoms with Gasteiger partial charge in [0, 0.05) is 6.07 Å². The summed E-state index contributed by atoms with van der Waals surface area (Å²) in [7, 11) is 1.32. The molecule has 1 N–H and O–H groups in total. The summed E-state index contributed by atoms with van der Waals surface area (Å²) in [5, 5.41) is 12.6. The van der Waals surface area contributed by atoms with Gasteiger partial charge >= 0.3 is 5.97 Å². The Labute approximate surface area is 181 Å². The second-order valence-electron chi connectivity index (χ2n) is 8.03. The van der Waals surface area contributed by atoms with Crippen molar-refractivity contribution in [1.29, 1.82) is 0 Å². The molecule has 1 saturated heterocycles. The second kappa shape index (κ2) is 9.35. The van der Waals surface area contributed by atoms with Crippen LogP contribution in [0.2, 0.25) is 0 Å². The minimum Gasteiger partial charge on any atom is -0.502 e. The van der Waals surface area contributed by atoms with E-state index in [-0.39, 0.29) is 12.2 Å². The van der Waals surface area contributed by atoms with Crippen molar-refractivity contribution in [3.05, 3.63) is 75.8 Å². The number of fused-ring (bicyclic) bond motifs is 1. The SMILES string of the molecule is COC(=O)C[C@H](c1oc(CN2CCCCC2)cc(=O)c1O)c1cccc2ccccc12. The van der Waals surface area contributed by atoms with Gasteiger partial charge in [-0.05, 0) is 42.3 Å². The number of likely N-dealkylation sites (tertiary alicyclic amines) is 1. The van der Waals surface area contributed by atoms with Crippen LogP contribution in [0.25, 0.3) is 10.8 Å². The van der Waals surface area contributed by atoms with Crippen LogP contribution in [-0.4, -0.2) is 36.2 Å². The molecule has 0 unspecified atom stereocenters. The molecule has 1 aromatic heterocycles. The molecule has 31 heavy (non-hydrogen) atoms. The molecule has 0 amide bonds. The van der Waals surface area contributed by atoms with E-state index in [1.807, 2.05) is 42.5 Å². The summed E-state index contributed by atoms with van der Waals surface area (Å²) in [6.45, 7) is 2.41. The molecule has 2 heterocycles. The quantitative estimate of drug-likeness (QED) is 0.602. The standard InChI is InChI=1S/C25H27NO5/c1-30-23(28)15-21(20-11-7-9-17-8-3-4-10-19(17)20)25-24(29)22(27)14-18(31-25)16-26-12-5-2-6-13-26/h3-4,7-11,14,21,29H,2,5-6,12-13,15-16H2,1H3/t21-/m0/s1. The minimum absolute atomic E-state index is 0.0474. The molecule has 2 aromatic carbocycles. The van der Waals surface area contributed by atoms with E-state index in [2.05, 4.69) is 4.90 Å². The van der Waals surface area contributed by atoms with Crippen molar-refractivity contribution in [2.75, 3.05) is 20.2 Å². The number of hydrogen-bond acceptors (Lipinski definition) is 6. The molecule has 1 atom stereocenters. The van der Waals surface area contributed by atoms with Crippen LogP contribution in [-0.2, 0) is 16.1 Å². The van der Waals surface area contributed by atoms with E-state index in [1.54, 1.807) is 0 Å². The summed E-state index contributed by atoms with van der Waals surface area (Å²) in [5.74, 6) is -0.936. The fraction of sp³-hybridized carbons (Fsp3) is 0.360. The molecule has 0 bridgehead atoms. The highest BCUT2D eigenvalue weighted by molar-refractivity contribution is 5.87. The van der Waals surface area contributed by atoms with Crippen LogP contribution in [0.15, 0.2) is 57.7 Å². The number of ether oxygens (including phenoxy) is 1. The monoisotopic (exact) mass is 421 g/mol. The first-order valence-corrected chi connectivity index (χ1v) is 10.7. The number of piperidine rings is 1. The minimum atomic E-state index is -0.646. The Bertz CT molecular complexity index is 1120. The Balaban J connectivity index is 1.81. The average molecular weight is 421 g/mol. The Hall–Kier alpha value is -3.12. The molecule has 4 rings (SSSR count). The van der Waals surface area contributed by atoms with Crippen LogP contribution in [0.3, 0.4) is 0 Å². The normalized spacial score (nSPS) is 15.6. The number of hydrogen-bond donors (Lipinski definition) is 1. The van der Waals surface area contributed by atoms with Gasteiger partial charge in [-0.25, -0.2) is 0 Å². The van der Waals surface area contributed by atoms with Crippen LogP contribution in [0, 0.1) is 0 Å². The third kappa shape index (κ3) is 4.64. The maximum absolute atomic E-state index is 12.6. The van der Waals surface area contributed by atoms with E-state index in [0.29, 0.717) is 12.3 Å². The maximum atomic E-state index is 12.6. The van der Waals surface area contributed by atoms with Crippen molar-refractivity contribution in [2.24, 2.45) is 0 Å². The van der Waals surface area contributed by atoms with Gasteiger partial charge in [0.05, 0.1) is 26.0 Å². The Morgan fingerprint density at radius 2 is 1.87 bits per heavy atom. The van der Waals surface area contributed by atoms with Crippen LogP contribution >= 0.6 is 0 Å². The molecule has 162 valence electrons. The zero-order valence-corrected chi connectivity index (χ0v) is 17.7. The lowest BCUT2D eigenvalue weighted by Crippen LogP contribution is -2.29. The Kier molecular flexibility index (Phi) is 6.37. The molecule has 0 saturated carbocycles. The topological polar surface area (TPSA) is 80.0 Å². The third-order valence-electron chi connectivity index (χ3n) is 5.94. The molecule has 6 nitrogen and oxygen atoms in total. The van der Waals surface area contributed by atoms with Gasteiger partial charge in [0.15, 0.2) is 5.76 Å². The first kappa shape index (κ1) is 21.1. The molecule has 1 aliphatic heterocycles. The number of nitrogens with zero attached hydrogens (tertiary/aromatic N) is 1. The number of carbonyl (C=O) groups is 1. The van der Waals surface area contributed by atoms with Gasteiger partial charge in [0.2, 0.25) is 11.2 Å². The molecule has 6 heteroatoms.